The molecule has 5 nitrogen and oxygen atoms in total. The number of carbonyl (C=O) groups excluding carboxylic acids is 2. The van der Waals surface area contributed by atoms with Crippen LogP contribution in [-0.4, -0.2) is 36.4 Å². The Morgan fingerprint density at radius 3 is 0.895 bits per heavy atom. The normalized spacial score (nSPS) is 11.4. The van der Waals surface area contributed by atoms with Crippen molar-refractivity contribution in [3.63, 3.8) is 0 Å². The van der Waals surface area contributed by atoms with E-state index in [1.54, 1.807) is 41.7 Å². The molecule has 0 aromatic heterocycles. The molecule has 0 heterocycles. The maximum absolute atomic E-state index is 13.6. The molecule has 7 aromatic carbocycles. The zero-order valence-corrected chi connectivity index (χ0v) is 33.2. The lowest BCUT2D eigenvalue weighted by molar-refractivity contribution is 0.0955. The van der Waals surface area contributed by atoms with Gasteiger partial charge in [0.05, 0.1) is 9.49 Å². The van der Waals surface area contributed by atoms with Crippen LogP contribution in [0.5, 0.6) is 0 Å². The summed E-state index contributed by atoms with van der Waals surface area (Å²) in [6.07, 6.45) is 0. The Kier molecular flexibility index (Phi) is 12.9. The molecule has 0 unspecified atom stereocenters. The molecule has 7 heteroatoms. The van der Waals surface area contributed by atoms with Gasteiger partial charge in [0.25, 0.3) is 11.8 Å². The highest BCUT2D eigenvalue weighted by molar-refractivity contribution is 8.00. The molecule has 57 heavy (non-hydrogen) atoms. The molecule has 0 saturated carbocycles. The first-order valence-electron chi connectivity index (χ1n) is 19.1. The average molecular weight is 784 g/mol. The maximum Gasteiger partial charge on any atom is 0.251 e. The molecule has 0 atom stereocenters. The number of hydrogen-bond donors (Lipinski definition) is 3. The van der Waals surface area contributed by atoms with Crippen LogP contribution in [0.15, 0.2) is 200 Å². The SMILES string of the molecule is Nc1cc(C(=O)NCCSC(c2ccccc2)(c2ccccc2)c2ccccc2)cc(C(=O)NCCSC(c2ccccc2)(c2ccccc2)c2ccccc2)c1. The summed E-state index contributed by atoms with van der Waals surface area (Å²) in [6, 6.07) is 67.8. The zero-order valence-electron chi connectivity index (χ0n) is 31.6. The van der Waals surface area contributed by atoms with Crippen LogP contribution in [0.4, 0.5) is 5.69 Å². The fraction of sp³-hybridized carbons (Fsp3) is 0.120. The Labute approximate surface area is 344 Å². The van der Waals surface area contributed by atoms with E-state index in [2.05, 4.69) is 156 Å². The van der Waals surface area contributed by atoms with Gasteiger partial charge in [0.2, 0.25) is 0 Å². The third kappa shape index (κ3) is 8.86. The standard InChI is InChI=1S/C50H45N3O2S2/c51-46-36-38(47(54)52-31-33-56-49(40-19-7-1-8-20-40,41-21-9-2-10-22-41)42-23-11-3-12-24-42)35-39(37-46)48(55)53-32-34-57-50(43-25-13-4-14-26-43,44-27-15-5-16-28-44)45-29-17-6-18-30-45/h1-30,35-37H,31-34,51H2,(H,52,54)(H,53,55). The van der Waals surface area contributed by atoms with Crippen molar-refractivity contribution >= 4 is 41.0 Å². The fourth-order valence-electron chi connectivity index (χ4n) is 7.39. The van der Waals surface area contributed by atoms with Crippen molar-refractivity contribution in [2.75, 3.05) is 30.3 Å². The predicted molar refractivity (Wildman–Crippen MR) is 239 cm³/mol. The van der Waals surface area contributed by atoms with Gasteiger partial charge in [-0.15, -0.1) is 23.5 Å². The molecular formula is C50H45N3O2S2. The second-order valence-corrected chi connectivity index (χ2v) is 16.2. The van der Waals surface area contributed by atoms with E-state index in [0.717, 1.165) is 33.4 Å². The molecule has 0 aliphatic carbocycles. The number of nitrogens with one attached hydrogen (secondary N) is 2. The van der Waals surface area contributed by atoms with E-state index in [0.29, 0.717) is 41.4 Å². The van der Waals surface area contributed by atoms with Crippen LogP contribution in [0.25, 0.3) is 0 Å². The van der Waals surface area contributed by atoms with E-state index in [1.165, 1.54) is 0 Å². The molecule has 7 aromatic rings. The van der Waals surface area contributed by atoms with Gasteiger partial charge in [0.1, 0.15) is 0 Å². The Morgan fingerprint density at radius 2 is 0.649 bits per heavy atom. The van der Waals surface area contributed by atoms with Crippen LogP contribution in [0.1, 0.15) is 54.1 Å². The highest BCUT2D eigenvalue weighted by Gasteiger charge is 2.38. The Hall–Kier alpha value is -6.02. The molecular weight excluding hydrogens is 739 g/mol. The fourth-order valence-corrected chi connectivity index (χ4v) is 10.2. The van der Waals surface area contributed by atoms with Crippen molar-refractivity contribution in [1.82, 2.24) is 10.6 Å². The number of nitrogens with two attached hydrogens (primary N) is 1. The van der Waals surface area contributed by atoms with Crippen molar-refractivity contribution in [2.24, 2.45) is 0 Å². The van der Waals surface area contributed by atoms with Gasteiger partial charge in [-0.1, -0.05) is 182 Å². The van der Waals surface area contributed by atoms with Crippen molar-refractivity contribution in [2.45, 2.75) is 9.49 Å². The molecule has 0 aliphatic heterocycles. The summed E-state index contributed by atoms with van der Waals surface area (Å²) in [5.41, 5.74) is 14.3. The largest absolute Gasteiger partial charge is 0.399 e. The van der Waals surface area contributed by atoms with E-state index in [4.69, 9.17) is 5.73 Å². The van der Waals surface area contributed by atoms with E-state index in [1.807, 2.05) is 36.4 Å². The summed E-state index contributed by atoms with van der Waals surface area (Å²) >= 11 is 3.56. The van der Waals surface area contributed by atoms with Crippen molar-refractivity contribution in [3.05, 3.63) is 245 Å². The first kappa shape index (κ1) is 39.2. The lowest BCUT2D eigenvalue weighted by Crippen LogP contribution is -2.31. The highest BCUT2D eigenvalue weighted by atomic mass is 32.2. The number of nitrogen functional groups attached to an aromatic ring is 1. The molecule has 0 aliphatic rings. The number of hydrogen-bond acceptors (Lipinski definition) is 5. The van der Waals surface area contributed by atoms with Crippen LogP contribution >= 0.6 is 23.5 Å². The number of anilines is 1. The molecule has 0 spiro atoms. The molecule has 0 saturated heterocycles. The quantitative estimate of drug-likeness (QED) is 0.0517. The molecule has 0 fully saturated rings. The van der Waals surface area contributed by atoms with Gasteiger partial charge in [-0.2, -0.15) is 0 Å². The first-order chi connectivity index (χ1) is 28.0. The smallest absolute Gasteiger partial charge is 0.251 e. The third-order valence-corrected chi connectivity index (χ3v) is 13.1. The van der Waals surface area contributed by atoms with E-state index in [-0.39, 0.29) is 11.8 Å². The van der Waals surface area contributed by atoms with Gasteiger partial charge in [-0.3, -0.25) is 9.59 Å². The number of amides is 2. The topological polar surface area (TPSA) is 84.2 Å². The predicted octanol–water partition coefficient (Wildman–Crippen LogP) is 10.2. The second kappa shape index (κ2) is 18.7. The van der Waals surface area contributed by atoms with Gasteiger partial charge in [-0.25, -0.2) is 0 Å². The Morgan fingerprint density at radius 1 is 0.404 bits per heavy atom. The summed E-state index contributed by atoms with van der Waals surface area (Å²) < 4.78 is -0.976. The molecule has 4 N–H and O–H groups in total. The lowest BCUT2D eigenvalue weighted by atomic mass is 9.84. The highest BCUT2D eigenvalue weighted by Crippen LogP contribution is 2.49. The van der Waals surface area contributed by atoms with E-state index < -0.39 is 9.49 Å². The number of rotatable bonds is 16. The van der Waals surface area contributed by atoms with Crippen LogP contribution in [0, 0.1) is 0 Å². The molecule has 2 amide bonds. The van der Waals surface area contributed by atoms with Crippen LogP contribution < -0.4 is 16.4 Å². The first-order valence-corrected chi connectivity index (χ1v) is 21.1. The average Bonchev–Trinajstić information content (AvgIpc) is 3.28. The molecule has 0 radical (unpaired) electrons. The summed E-state index contributed by atoms with van der Waals surface area (Å²) in [5.74, 6) is 0.703. The lowest BCUT2D eigenvalue weighted by Gasteiger charge is -2.35. The Bertz CT molecular complexity index is 1990. The monoisotopic (exact) mass is 783 g/mol. The molecule has 0 bridgehead atoms. The minimum Gasteiger partial charge on any atom is -0.399 e. The van der Waals surface area contributed by atoms with Crippen LogP contribution in [0.3, 0.4) is 0 Å². The van der Waals surface area contributed by atoms with Gasteiger partial charge < -0.3 is 16.4 Å². The van der Waals surface area contributed by atoms with Crippen LogP contribution in [-0.2, 0) is 9.49 Å². The summed E-state index contributed by atoms with van der Waals surface area (Å²) in [7, 11) is 0. The number of thioether (sulfide) groups is 2. The van der Waals surface area contributed by atoms with Gasteiger partial charge in [0.15, 0.2) is 0 Å². The Balaban J connectivity index is 1.02. The minimum atomic E-state index is -0.488. The van der Waals surface area contributed by atoms with Gasteiger partial charge >= 0.3 is 0 Å². The minimum absolute atomic E-state index is 0.282. The molecule has 7 rings (SSSR count). The summed E-state index contributed by atoms with van der Waals surface area (Å²) in [4.78, 5) is 27.1. The van der Waals surface area contributed by atoms with E-state index in [9.17, 15) is 9.59 Å². The van der Waals surface area contributed by atoms with Crippen LogP contribution in [0.2, 0.25) is 0 Å². The summed E-state index contributed by atoms with van der Waals surface area (Å²) in [5, 5.41) is 6.17. The third-order valence-electron chi connectivity index (χ3n) is 9.97. The second-order valence-electron chi connectivity index (χ2n) is 13.6. The summed E-state index contributed by atoms with van der Waals surface area (Å²) in [6.45, 7) is 0.828. The van der Waals surface area contributed by atoms with Gasteiger partial charge in [0, 0.05) is 41.4 Å². The van der Waals surface area contributed by atoms with Gasteiger partial charge in [-0.05, 0) is 51.6 Å². The van der Waals surface area contributed by atoms with Crippen molar-refractivity contribution in [3.8, 4) is 0 Å². The number of benzene rings is 7. The molecule has 284 valence electrons. The van der Waals surface area contributed by atoms with Crippen molar-refractivity contribution < 1.29 is 9.59 Å². The van der Waals surface area contributed by atoms with Crippen molar-refractivity contribution in [1.29, 1.82) is 0 Å². The maximum atomic E-state index is 13.6. The zero-order chi connectivity index (χ0) is 39.3. The number of carbonyl (C=O) groups is 2. The van der Waals surface area contributed by atoms with E-state index >= 15 is 0 Å².